The molecule has 0 N–H and O–H groups in total. The fourth-order valence-corrected chi connectivity index (χ4v) is 3.71. The molecule has 3 heterocycles. The van der Waals surface area contributed by atoms with Crippen LogP contribution in [0.4, 0.5) is 0 Å². The van der Waals surface area contributed by atoms with Crippen molar-refractivity contribution >= 4 is 50.6 Å². The summed E-state index contributed by atoms with van der Waals surface area (Å²) >= 11 is 0. The molecule has 1 aliphatic rings. The fourth-order valence-electron chi connectivity index (χ4n) is 3.71. The number of benzene rings is 3. The average molecular weight is 293 g/mol. The molecule has 0 atom stereocenters. The van der Waals surface area contributed by atoms with Crippen molar-refractivity contribution < 1.29 is 0 Å². The van der Waals surface area contributed by atoms with E-state index >= 15 is 0 Å². The molecule has 5 aromatic rings. The van der Waals surface area contributed by atoms with E-state index in [1.54, 1.807) is 0 Å². The second-order valence-corrected chi connectivity index (χ2v) is 6.06. The van der Waals surface area contributed by atoms with Crippen molar-refractivity contribution in [3.05, 3.63) is 65.5 Å². The van der Waals surface area contributed by atoms with E-state index in [1.165, 1.54) is 37.8 Å². The molecule has 6 rings (SSSR count). The Morgan fingerprint density at radius 2 is 1.83 bits per heavy atom. The van der Waals surface area contributed by atoms with Crippen LogP contribution in [0.15, 0.2) is 59.7 Å². The summed E-state index contributed by atoms with van der Waals surface area (Å²) in [5, 5.41) is 6.00. The largest absolute Gasteiger partial charge is 0.300 e. The second kappa shape index (κ2) is 3.76. The van der Waals surface area contributed by atoms with Gasteiger partial charge < -0.3 is 0 Å². The molecule has 2 aromatic heterocycles. The number of hydrogen-bond donors (Lipinski definition) is 0. The SMILES string of the molecule is C1=NC=c2cc3c(cc21)cn1c2cccc4cccc(nc31)c42. The number of aromatic nitrogens is 2. The zero-order chi connectivity index (χ0) is 15.0. The second-order valence-electron chi connectivity index (χ2n) is 6.06. The smallest absolute Gasteiger partial charge is 0.145 e. The number of aliphatic imine (C=N–C) groups is 1. The van der Waals surface area contributed by atoms with Crippen LogP contribution in [0.25, 0.3) is 44.4 Å². The van der Waals surface area contributed by atoms with Crippen LogP contribution in [-0.2, 0) is 0 Å². The third-order valence-corrected chi connectivity index (χ3v) is 4.77. The van der Waals surface area contributed by atoms with E-state index in [-0.39, 0.29) is 0 Å². The van der Waals surface area contributed by atoms with Crippen LogP contribution in [-0.4, -0.2) is 15.6 Å². The van der Waals surface area contributed by atoms with Gasteiger partial charge in [0.15, 0.2) is 0 Å². The van der Waals surface area contributed by atoms with Crippen LogP contribution in [0, 0.1) is 0 Å². The molecule has 0 spiro atoms. The minimum atomic E-state index is 1.01. The van der Waals surface area contributed by atoms with Crippen LogP contribution in [0.5, 0.6) is 0 Å². The summed E-state index contributed by atoms with van der Waals surface area (Å²) in [5.41, 5.74) is 4.44. The Kier molecular flexibility index (Phi) is 1.86. The Morgan fingerprint density at radius 1 is 0.913 bits per heavy atom. The zero-order valence-electron chi connectivity index (χ0n) is 12.2. The molecule has 23 heavy (non-hydrogen) atoms. The van der Waals surface area contributed by atoms with Crippen LogP contribution in [0.1, 0.15) is 5.56 Å². The summed E-state index contributed by atoms with van der Waals surface area (Å²) in [4.78, 5) is 9.19. The summed E-state index contributed by atoms with van der Waals surface area (Å²) in [6.07, 6.45) is 6.01. The Hall–Kier alpha value is -3.20. The number of fused-ring (bicyclic) bond motifs is 5. The third-order valence-electron chi connectivity index (χ3n) is 4.77. The predicted molar refractivity (Wildman–Crippen MR) is 95.0 cm³/mol. The van der Waals surface area contributed by atoms with Gasteiger partial charge in [-0.05, 0) is 29.7 Å². The van der Waals surface area contributed by atoms with Crippen molar-refractivity contribution in [1.29, 1.82) is 0 Å². The highest BCUT2D eigenvalue weighted by Gasteiger charge is 2.12. The van der Waals surface area contributed by atoms with Crippen molar-refractivity contribution in [3.8, 4) is 0 Å². The first kappa shape index (κ1) is 11.4. The number of nitrogens with zero attached hydrogens (tertiary/aromatic N) is 3. The van der Waals surface area contributed by atoms with Crippen molar-refractivity contribution in [2.75, 3.05) is 0 Å². The minimum Gasteiger partial charge on any atom is -0.300 e. The van der Waals surface area contributed by atoms with E-state index in [2.05, 4.69) is 64.1 Å². The van der Waals surface area contributed by atoms with Crippen LogP contribution >= 0.6 is 0 Å². The lowest BCUT2D eigenvalue weighted by atomic mass is 10.1. The summed E-state index contributed by atoms with van der Waals surface area (Å²) in [5.74, 6) is 0. The lowest BCUT2D eigenvalue weighted by Crippen LogP contribution is -2.02. The molecule has 0 saturated carbocycles. The Labute approximate surface area is 131 Å². The molecular formula is C20H11N3. The first-order chi connectivity index (χ1) is 11.4. The lowest BCUT2D eigenvalue weighted by molar-refractivity contribution is 1.23. The Balaban J connectivity index is 1.94. The molecule has 3 nitrogen and oxygen atoms in total. The predicted octanol–water partition coefficient (Wildman–Crippen LogP) is 3.68. The van der Waals surface area contributed by atoms with Gasteiger partial charge >= 0.3 is 0 Å². The standard InChI is InChI=1S/C20H11N3/c1-3-12-4-2-6-18-19(12)17(5-1)22-20-16-8-14-10-21-9-13(14)7-15(16)11-23(18)20/h1-11H. The summed E-state index contributed by atoms with van der Waals surface area (Å²) in [6.45, 7) is 0. The topological polar surface area (TPSA) is 29.7 Å². The Bertz CT molecular complexity index is 1350. The van der Waals surface area contributed by atoms with Gasteiger partial charge in [-0.3, -0.25) is 9.39 Å². The van der Waals surface area contributed by atoms with Crippen LogP contribution in [0.3, 0.4) is 0 Å². The van der Waals surface area contributed by atoms with Crippen molar-refractivity contribution in [2.24, 2.45) is 4.99 Å². The highest BCUT2D eigenvalue weighted by atomic mass is 15.0. The van der Waals surface area contributed by atoms with Gasteiger partial charge in [0.2, 0.25) is 0 Å². The van der Waals surface area contributed by atoms with Gasteiger partial charge in [0.1, 0.15) is 5.65 Å². The maximum absolute atomic E-state index is 4.95. The first-order valence-corrected chi connectivity index (χ1v) is 7.68. The summed E-state index contributed by atoms with van der Waals surface area (Å²) < 4.78 is 2.21. The monoisotopic (exact) mass is 293 g/mol. The summed E-state index contributed by atoms with van der Waals surface area (Å²) in [7, 11) is 0. The molecule has 1 aliphatic heterocycles. The van der Waals surface area contributed by atoms with Gasteiger partial charge in [0.25, 0.3) is 0 Å². The molecule has 0 saturated heterocycles. The molecule has 0 aliphatic carbocycles. The van der Waals surface area contributed by atoms with Crippen molar-refractivity contribution in [2.45, 2.75) is 0 Å². The van der Waals surface area contributed by atoms with Crippen LogP contribution < -0.4 is 5.22 Å². The highest BCUT2D eigenvalue weighted by Crippen LogP contribution is 2.30. The molecule has 106 valence electrons. The van der Waals surface area contributed by atoms with Gasteiger partial charge in [0, 0.05) is 45.6 Å². The summed E-state index contributed by atoms with van der Waals surface area (Å²) in [6, 6.07) is 17.1. The van der Waals surface area contributed by atoms with Gasteiger partial charge in [-0.25, -0.2) is 4.98 Å². The van der Waals surface area contributed by atoms with Gasteiger partial charge in [-0.1, -0.05) is 24.3 Å². The average Bonchev–Trinajstić information content (AvgIpc) is 3.17. The van der Waals surface area contributed by atoms with E-state index in [0.717, 1.165) is 11.2 Å². The van der Waals surface area contributed by atoms with Crippen molar-refractivity contribution in [3.63, 3.8) is 0 Å². The van der Waals surface area contributed by atoms with E-state index in [0.29, 0.717) is 0 Å². The quantitative estimate of drug-likeness (QED) is 0.428. The van der Waals surface area contributed by atoms with Crippen LogP contribution in [0.2, 0.25) is 0 Å². The van der Waals surface area contributed by atoms with Crippen molar-refractivity contribution in [1.82, 2.24) is 9.38 Å². The molecule has 0 amide bonds. The van der Waals surface area contributed by atoms with E-state index in [4.69, 9.17) is 4.98 Å². The molecule has 0 bridgehead atoms. The molecule has 0 unspecified atom stereocenters. The first-order valence-electron chi connectivity index (χ1n) is 7.68. The molecule has 0 radical (unpaired) electrons. The highest BCUT2D eigenvalue weighted by molar-refractivity contribution is 6.11. The number of hydrogen-bond acceptors (Lipinski definition) is 2. The Morgan fingerprint density at radius 3 is 2.78 bits per heavy atom. The van der Waals surface area contributed by atoms with Gasteiger partial charge in [-0.2, -0.15) is 0 Å². The van der Waals surface area contributed by atoms with Gasteiger partial charge in [-0.15, -0.1) is 0 Å². The third kappa shape index (κ3) is 1.35. The maximum atomic E-state index is 4.95. The molecule has 3 heteroatoms. The fraction of sp³-hybridized carbons (Fsp3) is 0. The van der Waals surface area contributed by atoms with E-state index < -0.39 is 0 Å². The lowest BCUT2D eigenvalue weighted by Gasteiger charge is -2.07. The maximum Gasteiger partial charge on any atom is 0.145 e. The zero-order valence-corrected chi connectivity index (χ0v) is 12.2. The number of rotatable bonds is 0. The van der Waals surface area contributed by atoms with E-state index in [1.807, 2.05) is 12.4 Å². The molecular weight excluding hydrogens is 282 g/mol. The van der Waals surface area contributed by atoms with Gasteiger partial charge in [0.05, 0.1) is 11.0 Å². The molecule has 3 aromatic carbocycles. The van der Waals surface area contributed by atoms with E-state index in [9.17, 15) is 0 Å². The minimum absolute atomic E-state index is 1.01. The molecule has 0 fully saturated rings. The normalized spacial score (nSPS) is 13.4.